The predicted octanol–water partition coefficient (Wildman–Crippen LogP) is 0.356. The largest absolute Gasteiger partial charge is 0.453 e. The molecule has 8 heteroatoms. The van der Waals surface area contributed by atoms with Gasteiger partial charge in [-0.15, -0.1) is 0 Å². The third-order valence-electron chi connectivity index (χ3n) is 4.37. The number of hydrogen-bond acceptors (Lipinski definition) is 6. The van der Waals surface area contributed by atoms with E-state index in [0.717, 1.165) is 6.42 Å². The summed E-state index contributed by atoms with van der Waals surface area (Å²) in [6, 6.07) is 1.40. The number of hydrogen-bond donors (Lipinski definition) is 0. The number of carbonyl (C=O) groups excluding carboxylic acids is 2. The topological polar surface area (TPSA) is 78.9 Å². The second kappa shape index (κ2) is 6.80. The summed E-state index contributed by atoms with van der Waals surface area (Å²) in [5.74, 6) is 0.707. The van der Waals surface area contributed by atoms with Crippen molar-refractivity contribution >= 4 is 17.9 Å². The number of rotatable bonds is 2. The number of amides is 2. The van der Waals surface area contributed by atoms with Crippen molar-refractivity contribution in [2.75, 3.05) is 44.7 Å². The van der Waals surface area contributed by atoms with Crippen LogP contribution in [0.5, 0.6) is 0 Å². The fraction of sp³-hybridized carbons (Fsp3) is 0.600. The lowest BCUT2D eigenvalue weighted by Gasteiger charge is -2.37. The molecular weight excluding hydrogens is 298 g/mol. The molecule has 2 amide bonds. The van der Waals surface area contributed by atoms with Crippen LogP contribution in [0, 0.1) is 0 Å². The molecule has 0 aliphatic carbocycles. The third-order valence-corrected chi connectivity index (χ3v) is 4.37. The number of likely N-dealkylation sites (tertiary alicyclic amines) is 1. The second-order valence-corrected chi connectivity index (χ2v) is 5.68. The highest BCUT2D eigenvalue weighted by Gasteiger charge is 2.38. The molecule has 0 saturated carbocycles. The van der Waals surface area contributed by atoms with Crippen LogP contribution in [-0.2, 0) is 9.53 Å². The van der Waals surface area contributed by atoms with Crippen molar-refractivity contribution in [3.63, 3.8) is 0 Å². The zero-order chi connectivity index (χ0) is 16.2. The van der Waals surface area contributed by atoms with E-state index in [0.29, 0.717) is 45.1 Å². The number of carbonyl (C=O) groups is 2. The summed E-state index contributed by atoms with van der Waals surface area (Å²) in [6.07, 6.45) is 4.55. The molecule has 0 aromatic carbocycles. The van der Waals surface area contributed by atoms with Crippen molar-refractivity contribution in [3.8, 4) is 0 Å². The van der Waals surface area contributed by atoms with Crippen LogP contribution in [0.25, 0.3) is 0 Å². The lowest BCUT2D eigenvalue weighted by molar-refractivity contribution is -0.135. The molecule has 1 unspecified atom stereocenters. The smallest absolute Gasteiger partial charge is 0.410 e. The Bertz CT molecular complexity index is 559. The van der Waals surface area contributed by atoms with E-state index in [1.165, 1.54) is 12.0 Å². The first kappa shape index (κ1) is 15.5. The van der Waals surface area contributed by atoms with Crippen LogP contribution in [0.15, 0.2) is 18.5 Å². The van der Waals surface area contributed by atoms with E-state index in [1.54, 1.807) is 18.5 Å². The first-order valence-corrected chi connectivity index (χ1v) is 7.86. The molecule has 3 heterocycles. The van der Waals surface area contributed by atoms with E-state index in [9.17, 15) is 9.59 Å². The molecule has 23 heavy (non-hydrogen) atoms. The average molecular weight is 319 g/mol. The number of nitrogens with zero attached hydrogens (tertiary/aromatic N) is 5. The van der Waals surface area contributed by atoms with E-state index in [-0.39, 0.29) is 11.9 Å². The molecule has 124 valence electrons. The van der Waals surface area contributed by atoms with Gasteiger partial charge in [-0.3, -0.25) is 9.69 Å². The molecule has 0 N–H and O–H groups in total. The van der Waals surface area contributed by atoms with Crippen molar-refractivity contribution in [2.45, 2.75) is 18.9 Å². The van der Waals surface area contributed by atoms with E-state index >= 15 is 0 Å². The van der Waals surface area contributed by atoms with Crippen LogP contribution in [0.3, 0.4) is 0 Å². The SMILES string of the molecule is COC(=O)N1CCCC1C(=O)N1CCN(c2ncccn2)CC1. The molecule has 1 aromatic rings. The molecule has 0 bridgehead atoms. The summed E-state index contributed by atoms with van der Waals surface area (Å²) in [7, 11) is 1.35. The summed E-state index contributed by atoms with van der Waals surface area (Å²) < 4.78 is 4.77. The number of anilines is 1. The standard InChI is InChI=1S/C15H21N5O3/c1-23-15(22)20-7-2-4-12(20)13(21)18-8-10-19(11-9-18)14-16-5-3-6-17-14/h3,5-6,12H,2,4,7-11H2,1H3. The van der Waals surface area contributed by atoms with Crippen LogP contribution in [0.4, 0.5) is 10.7 Å². The van der Waals surface area contributed by atoms with Crippen molar-refractivity contribution in [2.24, 2.45) is 0 Å². The van der Waals surface area contributed by atoms with Crippen LogP contribution in [0.2, 0.25) is 0 Å². The van der Waals surface area contributed by atoms with Crippen LogP contribution in [0.1, 0.15) is 12.8 Å². The Labute approximate surface area is 135 Å². The maximum Gasteiger partial charge on any atom is 0.410 e. The van der Waals surface area contributed by atoms with Gasteiger partial charge in [-0.25, -0.2) is 14.8 Å². The van der Waals surface area contributed by atoms with Gasteiger partial charge in [0.25, 0.3) is 0 Å². The minimum atomic E-state index is -0.419. The Morgan fingerprint density at radius 3 is 2.48 bits per heavy atom. The Hall–Kier alpha value is -2.38. The normalized spacial score (nSPS) is 21.4. The van der Waals surface area contributed by atoms with Gasteiger partial charge in [0.05, 0.1) is 7.11 Å². The lowest BCUT2D eigenvalue weighted by atomic mass is 10.1. The van der Waals surface area contributed by atoms with Crippen molar-refractivity contribution < 1.29 is 14.3 Å². The van der Waals surface area contributed by atoms with Gasteiger partial charge in [0.15, 0.2) is 0 Å². The van der Waals surface area contributed by atoms with Crippen LogP contribution < -0.4 is 4.90 Å². The Balaban J connectivity index is 1.59. The molecule has 0 spiro atoms. The number of piperazine rings is 1. The molecule has 0 radical (unpaired) electrons. The molecule has 1 atom stereocenters. The first-order valence-electron chi connectivity index (χ1n) is 7.86. The minimum Gasteiger partial charge on any atom is -0.453 e. The van der Waals surface area contributed by atoms with Gasteiger partial charge in [0.1, 0.15) is 6.04 Å². The van der Waals surface area contributed by atoms with Gasteiger partial charge < -0.3 is 14.5 Å². The number of ether oxygens (including phenoxy) is 1. The summed E-state index contributed by atoms with van der Waals surface area (Å²) in [5, 5.41) is 0. The minimum absolute atomic E-state index is 0.0153. The molecule has 2 saturated heterocycles. The maximum absolute atomic E-state index is 12.7. The monoisotopic (exact) mass is 319 g/mol. The second-order valence-electron chi connectivity index (χ2n) is 5.68. The Morgan fingerprint density at radius 1 is 1.13 bits per heavy atom. The van der Waals surface area contributed by atoms with Crippen molar-refractivity contribution in [3.05, 3.63) is 18.5 Å². The molecular formula is C15H21N5O3. The highest BCUT2D eigenvalue weighted by atomic mass is 16.5. The summed E-state index contributed by atoms with van der Waals surface area (Å²) in [5.41, 5.74) is 0. The van der Waals surface area contributed by atoms with E-state index in [2.05, 4.69) is 14.9 Å². The predicted molar refractivity (Wildman–Crippen MR) is 83.0 cm³/mol. The molecule has 2 fully saturated rings. The number of aromatic nitrogens is 2. The molecule has 2 aliphatic rings. The van der Waals surface area contributed by atoms with Crippen molar-refractivity contribution in [1.29, 1.82) is 0 Å². The summed E-state index contributed by atoms with van der Waals surface area (Å²) in [4.78, 5) is 38.4. The number of methoxy groups -OCH3 is 1. The first-order chi connectivity index (χ1) is 11.2. The molecule has 2 aliphatic heterocycles. The zero-order valence-corrected chi connectivity index (χ0v) is 13.2. The average Bonchev–Trinajstić information content (AvgIpc) is 3.11. The highest BCUT2D eigenvalue weighted by molar-refractivity contribution is 5.86. The molecule has 3 rings (SSSR count). The van der Waals surface area contributed by atoms with Crippen LogP contribution >= 0.6 is 0 Å². The summed E-state index contributed by atoms with van der Waals surface area (Å²) in [6.45, 7) is 3.20. The fourth-order valence-corrected chi connectivity index (χ4v) is 3.15. The van der Waals surface area contributed by atoms with Gasteiger partial charge in [-0.05, 0) is 18.9 Å². The Kier molecular flexibility index (Phi) is 4.59. The van der Waals surface area contributed by atoms with Crippen LogP contribution in [-0.4, -0.2) is 77.6 Å². The quantitative estimate of drug-likeness (QED) is 0.783. The van der Waals surface area contributed by atoms with Gasteiger partial charge in [-0.2, -0.15) is 0 Å². The van der Waals surface area contributed by atoms with Gasteiger partial charge in [0, 0.05) is 45.1 Å². The van der Waals surface area contributed by atoms with E-state index in [1.807, 2.05) is 4.90 Å². The van der Waals surface area contributed by atoms with Gasteiger partial charge in [0.2, 0.25) is 11.9 Å². The lowest BCUT2D eigenvalue weighted by Crippen LogP contribution is -2.54. The highest BCUT2D eigenvalue weighted by Crippen LogP contribution is 2.21. The fourth-order valence-electron chi connectivity index (χ4n) is 3.15. The zero-order valence-electron chi connectivity index (χ0n) is 13.2. The van der Waals surface area contributed by atoms with Gasteiger partial charge >= 0.3 is 6.09 Å². The van der Waals surface area contributed by atoms with Gasteiger partial charge in [-0.1, -0.05) is 0 Å². The summed E-state index contributed by atoms with van der Waals surface area (Å²) >= 11 is 0. The van der Waals surface area contributed by atoms with E-state index in [4.69, 9.17) is 4.74 Å². The maximum atomic E-state index is 12.7. The van der Waals surface area contributed by atoms with E-state index < -0.39 is 6.09 Å². The molecule has 1 aromatic heterocycles. The van der Waals surface area contributed by atoms with Crippen molar-refractivity contribution in [1.82, 2.24) is 19.8 Å². The third kappa shape index (κ3) is 3.20. The Morgan fingerprint density at radius 2 is 1.83 bits per heavy atom. The molecule has 8 nitrogen and oxygen atoms in total.